The van der Waals surface area contributed by atoms with Crippen molar-refractivity contribution in [1.82, 2.24) is 0 Å². The molecule has 3 rings (SSSR count). The second kappa shape index (κ2) is 11.0. The number of hydrogen-bond donors (Lipinski definition) is 11. The van der Waals surface area contributed by atoms with Crippen LogP contribution < -0.4 is 22.9 Å². The Labute approximate surface area is 189 Å². The van der Waals surface area contributed by atoms with Crippen LogP contribution in [0.4, 0.5) is 0 Å². The largest absolute Gasteiger partial charge is 0.394 e. The van der Waals surface area contributed by atoms with Crippen LogP contribution in [0.1, 0.15) is 6.42 Å². The Morgan fingerprint density at radius 3 is 1.73 bits per heavy atom. The van der Waals surface area contributed by atoms with E-state index in [9.17, 15) is 35.7 Å². The van der Waals surface area contributed by atoms with Crippen molar-refractivity contribution >= 4 is 0 Å². The van der Waals surface area contributed by atoms with Crippen molar-refractivity contribution in [1.29, 1.82) is 0 Å². The third-order valence-corrected chi connectivity index (χ3v) is 6.47. The molecule has 3 aliphatic rings. The molecule has 0 unspecified atom stereocenters. The average Bonchev–Trinajstić information content (AvgIpc) is 2.79. The van der Waals surface area contributed by atoms with Crippen LogP contribution >= 0.6 is 0 Å². The second-order valence-corrected chi connectivity index (χ2v) is 8.79. The maximum Gasteiger partial charge on any atom is 0.187 e. The lowest BCUT2D eigenvalue weighted by molar-refractivity contribution is -0.331. The minimum atomic E-state index is -1.70. The molecule has 3 fully saturated rings. The molecule has 194 valence electrons. The Morgan fingerprint density at radius 1 is 0.667 bits per heavy atom. The molecule has 2 heterocycles. The van der Waals surface area contributed by atoms with Gasteiger partial charge in [0.25, 0.3) is 0 Å². The first-order valence-corrected chi connectivity index (χ1v) is 10.8. The van der Waals surface area contributed by atoms with Crippen LogP contribution in [-0.2, 0) is 18.9 Å². The van der Waals surface area contributed by atoms with Gasteiger partial charge in [0.15, 0.2) is 12.6 Å². The molecule has 0 aromatic carbocycles. The highest BCUT2D eigenvalue weighted by atomic mass is 16.7. The van der Waals surface area contributed by atoms with E-state index in [1.54, 1.807) is 0 Å². The summed E-state index contributed by atoms with van der Waals surface area (Å²) < 4.78 is 22.3. The van der Waals surface area contributed by atoms with Crippen molar-refractivity contribution in [3.05, 3.63) is 0 Å². The van der Waals surface area contributed by atoms with Crippen LogP contribution in [0, 0.1) is 0 Å². The lowest BCUT2D eigenvalue weighted by Crippen LogP contribution is -2.68. The zero-order chi connectivity index (χ0) is 24.6. The van der Waals surface area contributed by atoms with Crippen molar-refractivity contribution in [3.8, 4) is 0 Å². The minimum Gasteiger partial charge on any atom is -0.394 e. The molecule has 1 aliphatic carbocycles. The van der Waals surface area contributed by atoms with E-state index < -0.39 is 98.4 Å². The van der Waals surface area contributed by atoms with Gasteiger partial charge >= 0.3 is 0 Å². The van der Waals surface area contributed by atoms with Gasteiger partial charge in [-0.05, 0) is 6.42 Å². The SMILES string of the molecule is NC[C@H]1O[C@H](O[C@H]2[C@H](O)[C@@H](O[C@@H]3O[C@@H](CO)[C@H](O)[C@H](O)[C@@H]3O)[C@H](N)C[C@H]2N)[C@@H](N)[C@H](O)[C@@H]1O. The van der Waals surface area contributed by atoms with Crippen LogP contribution in [0.3, 0.4) is 0 Å². The zero-order valence-corrected chi connectivity index (χ0v) is 17.9. The van der Waals surface area contributed by atoms with E-state index in [2.05, 4.69) is 0 Å². The lowest BCUT2D eigenvalue weighted by atomic mass is 9.84. The molecule has 15 heteroatoms. The fourth-order valence-corrected chi connectivity index (χ4v) is 4.40. The van der Waals surface area contributed by atoms with Crippen LogP contribution in [-0.4, -0.2) is 141 Å². The van der Waals surface area contributed by atoms with E-state index >= 15 is 0 Å². The van der Waals surface area contributed by atoms with E-state index in [0.717, 1.165) is 0 Å². The summed E-state index contributed by atoms with van der Waals surface area (Å²) >= 11 is 0. The molecule has 0 bridgehead atoms. The lowest BCUT2D eigenvalue weighted by Gasteiger charge is -2.48. The zero-order valence-electron chi connectivity index (χ0n) is 17.9. The van der Waals surface area contributed by atoms with Crippen LogP contribution in [0.15, 0.2) is 0 Å². The first-order valence-electron chi connectivity index (χ1n) is 10.8. The molecule has 15 nitrogen and oxygen atoms in total. The van der Waals surface area contributed by atoms with E-state index in [1.165, 1.54) is 0 Å². The Hall–Kier alpha value is -0.600. The Balaban J connectivity index is 1.72. The Kier molecular flexibility index (Phi) is 8.99. The fraction of sp³-hybridized carbons (Fsp3) is 1.00. The maximum absolute atomic E-state index is 10.9. The van der Waals surface area contributed by atoms with E-state index in [-0.39, 0.29) is 13.0 Å². The Bertz CT molecular complexity index is 584. The summed E-state index contributed by atoms with van der Waals surface area (Å²) in [5.41, 5.74) is 23.7. The number of ether oxygens (including phenoxy) is 4. The molecular formula is C18H36N4O11. The van der Waals surface area contributed by atoms with Crippen molar-refractivity contribution in [2.24, 2.45) is 22.9 Å². The van der Waals surface area contributed by atoms with Crippen LogP contribution in [0.5, 0.6) is 0 Å². The average molecular weight is 485 g/mol. The number of hydrogen-bond acceptors (Lipinski definition) is 15. The molecule has 2 aliphatic heterocycles. The maximum atomic E-state index is 10.9. The number of aliphatic hydroxyl groups excluding tert-OH is 7. The smallest absolute Gasteiger partial charge is 0.187 e. The highest BCUT2D eigenvalue weighted by molar-refractivity contribution is 5.01. The molecule has 15 atom stereocenters. The fourth-order valence-electron chi connectivity index (χ4n) is 4.40. The van der Waals surface area contributed by atoms with E-state index in [1.807, 2.05) is 0 Å². The van der Waals surface area contributed by atoms with Gasteiger partial charge in [0.05, 0.1) is 12.6 Å². The summed E-state index contributed by atoms with van der Waals surface area (Å²) in [6.07, 6.45) is -16.4. The van der Waals surface area contributed by atoms with Gasteiger partial charge in [-0.1, -0.05) is 0 Å². The van der Waals surface area contributed by atoms with Crippen molar-refractivity contribution in [3.63, 3.8) is 0 Å². The molecule has 0 radical (unpaired) electrons. The summed E-state index contributed by atoms with van der Waals surface area (Å²) in [6.45, 7) is -0.786. The van der Waals surface area contributed by atoms with E-state index in [0.29, 0.717) is 0 Å². The molecule has 1 saturated carbocycles. The second-order valence-electron chi connectivity index (χ2n) is 8.79. The standard InChI is InChI=1S/C18H36N4O11/c19-2-6-9(24)11(26)8(22)17(30-6)32-15-4(20)1-5(21)16(14(15)29)33-18-13(28)12(27)10(25)7(3-23)31-18/h4-18,23-29H,1-3,19-22H2/t4-,5-,6-,7+,8+,9-,10+,11+,12+,13+,14+,15-,16+,17-,18+/m1/s1. The number of aliphatic hydroxyl groups is 7. The minimum absolute atomic E-state index is 0.0945. The summed E-state index contributed by atoms with van der Waals surface area (Å²) in [5.74, 6) is 0. The third kappa shape index (κ3) is 5.32. The Morgan fingerprint density at radius 2 is 1.18 bits per heavy atom. The molecule has 2 saturated heterocycles. The summed E-state index contributed by atoms with van der Waals surface area (Å²) in [7, 11) is 0. The summed E-state index contributed by atoms with van der Waals surface area (Å²) in [4.78, 5) is 0. The number of nitrogens with two attached hydrogens (primary N) is 4. The van der Waals surface area contributed by atoms with Gasteiger partial charge in [0.2, 0.25) is 0 Å². The highest BCUT2D eigenvalue weighted by Crippen LogP contribution is 2.31. The van der Waals surface area contributed by atoms with Crippen molar-refractivity contribution < 1.29 is 54.7 Å². The van der Waals surface area contributed by atoms with Gasteiger partial charge in [-0.2, -0.15) is 0 Å². The topological polar surface area (TPSA) is 283 Å². The normalized spacial score (nSPS) is 53.7. The molecule has 0 aromatic rings. The van der Waals surface area contributed by atoms with E-state index in [4.69, 9.17) is 41.9 Å². The van der Waals surface area contributed by atoms with Gasteiger partial charge in [0, 0.05) is 18.6 Å². The summed E-state index contributed by atoms with van der Waals surface area (Å²) in [6, 6.07) is -2.82. The predicted octanol–water partition coefficient (Wildman–Crippen LogP) is -7.29. The molecule has 15 N–H and O–H groups in total. The van der Waals surface area contributed by atoms with Gasteiger partial charge in [-0.15, -0.1) is 0 Å². The molecular weight excluding hydrogens is 448 g/mol. The molecule has 33 heavy (non-hydrogen) atoms. The van der Waals surface area contributed by atoms with Crippen molar-refractivity contribution in [2.45, 2.75) is 98.2 Å². The quantitative estimate of drug-likeness (QED) is 0.167. The van der Waals surface area contributed by atoms with Gasteiger partial charge in [-0.3, -0.25) is 0 Å². The highest BCUT2D eigenvalue weighted by Gasteiger charge is 2.51. The molecule has 0 amide bonds. The first-order chi connectivity index (χ1) is 15.5. The molecule has 0 spiro atoms. The van der Waals surface area contributed by atoms with Gasteiger partial charge in [-0.25, -0.2) is 0 Å². The van der Waals surface area contributed by atoms with Crippen LogP contribution in [0.2, 0.25) is 0 Å². The van der Waals surface area contributed by atoms with Gasteiger partial charge < -0.3 is 77.6 Å². The number of rotatable bonds is 6. The first kappa shape index (κ1) is 27.0. The summed E-state index contributed by atoms with van der Waals surface area (Å²) in [5, 5.41) is 70.6. The third-order valence-electron chi connectivity index (χ3n) is 6.47. The van der Waals surface area contributed by atoms with Crippen molar-refractivity contribution in [2.75, 3.05) is 13.2 Å². The van der Waals surface area contributed by atoms with Gasteiger partial charge in [0.1, 0.15) is 61.0 Å². The predicted molar refractivity (Wildman–Crippen MR) is 108 cm³/mol. The monoisotopic (exact) mass is 484 g/mol. The molecule has 0 aromatic heterocycles. The van der Waals surface area contributed by atoms with Crippen LogP contribution in [0.25, 0.3) is 0 Å².